The van der Waals surface area contributed by atoms with Gasteiger partial charge < -0.3 is 19.7 Å². The van der Waals surface area contributed by atoms with Gasteiger partial charge in [0.05, 0.1) is 24.4 Å². The van der Waals surface area contributed by atoms with Gasteiger partial charge in [-0.3, -0.25) is 0 Å². The zero-order valence-electron chi connectivity index (χ0n) is 18.2. The van der Waals surface area contributed by atoms with E-state index < -0.39 is 5.97 Å². The Labute approximate surface area is 188 Å². The molecule has 1 aromatic rings. The number of aliphatic hydroxyl groups excluding tert-OH is 1. The Morgan fingerprint density at radius 3 is 2.50 bits per heavy atom. The van der Waals surface area contributed by atoms with Crippen LogP contribution >= 0.6 is 23.5 Å². The third kappa shape index (κ3) is 7.43. The first-order valence-corrected chi connectivity index (χ1v) is 12.5. The normalized spacial score (nSPS) is 17.1. The van der Waals surface area contributed by atoms with E-state index in [9.17, 15) is 15.0 Å². The number of benzene rings is 1. The van der Waals surface area contributed by atoms with Crippen molar-refractivity contribution in [3.8, 4) is 11.5 Å². The van der Waals surface area contributed by atoms with Crippen LogP contribution in [0.5, 0.6) is 11.5 Å². The molecule has 168 valence electrons. The van der Waals surface area contributed by atoms with Gasteiger partial charge in [-0.1, -0.05) is 12.2 Å². The summed E-state index contributed by atoms with van der Waals surface area (Å²) < 4.78 is 10.8. The van der Waals surface area contributed by atoms with E-state index in [1.54, 1.807) is 19.2 Å². The lowest BCUT2D eigenvalue weighted by molar-refractivity contribution is 0.0693. The molecule has 1 aliphatic heterocycles. The highest BCUT2D eigenvalue weighted by atomic mass is 32.2. The second-order valence-corrected chi connectivity index (χ2v) is 10.8. The van der Waals surface area contributed by atoms with Gasteiger partial charge in [-0.15, -0.1) is 23.5 Å². The summed E-state index contributed by atoms with van der Waals surface area (Å²) in [4.78, 5) is 11.7. The molecule has 1 atom stereocenters. The van der Waals surface area contributed by atoms with E-state index in [2.05, 4.69) is 23.5 Å². The lowest BCUT2D eigenvalue weighted by Gasteiger charge is -2.36. The van der Waals surface area contributed by atoms with Crippen molar-refractivity contribution in [3.05, 3.63) is 29.3 Å². The molecule has 1 aromatic carbocycles. The summed E-state index contributed by atoms with van der Waals surface area (Å²) in [6.07, 6.45) is 11.0. The fourth-order valence-corrected chi connectivity index (χ4v) is 7.14. The average Bonchev–Trinajstić information content (AvgIpc) is 2.73. The van der Waals surface area contributed by atoms with Crippen LogP contribution in [0, 0.1) is 0 Å². The first-order valence-electron chi connectivity index (χ1n) is 10.5. The fraction of sp³-hybridized carbons (Fsp3) is 0.609. The van der Waals surface area contributed by atoms with Crippen LogP contribution in [0.3, 0.4) is 0 Å². The maximum Gasteiger partial charge on any atom is 0.340 e. The molecule has 1 saturated heterocycles. The number of rotatable bonds is 12. The van der Waals surface area contributed by atoms with Gasteiger partial charge in [0.1, 0.15) is 17.1 Å². The highest BCUT2D eigenvalue weighted by Crippen LogP contribution is 2.49. The lowest BCUT2D eigenvalue weighted by atomic mass is 10.0. The minimum atomic E-state index is -1.01. The molecular weight excluding hydrogens is 420 g/mol. The van der Waals surface area contributed by atoms with Crippen LogP contribution in [0.1, 0.15) is 67.8 Å². The van der Waals surface area contributed by atoms with Crippen molar-refractivity contribution in [1.29, 1.82) is 0 Å². The van der Waals surface area contributed by atoms with Crippen LogP contribution in [0.4, 0.5) is 0 Å². The summed E-state index contributed by atoms with van der Waals surface area (Å²) in [6, 6.07) is 3.32. The molecular formula is C23H34O5S2. The molecule has 7 heteroatoms. The first-order chi connectivity index (χ1) is 14.4. The first kappa shape index (κ1) is 25.0. The zero-order chi connectivity index (χ0) is 22.0. The summed E-state index contributed by atoms with van der Waals surface area (Å²) in [5.41, 5.74) is 0.745. The molecule has 2 N–H and O–H groups in total. The zero-order valence-corrected chi connectivity index (χ0v) is 19.8. The van der Waals surface area contributed by atoms with Gasteiger partial charge in [-0.25, -0.2) is 4.79 Å². The molecule has 5 nitrogen and oxygen atoms in total. The maximum absolute atomic E-state index is 11.7. The summed E-state index contributed by atoms with van der Waals surface area (Å²) in [5.74, 6) is 2.28. The molecule has 30 heavy (non-hydrogen) atoms. The van der Waals surface area contributed by atoms with Crippen LogP contribution in [0.15, 0.2) is 18.2 Å². The Balaban J connectivity index is 2.00. The SMILES string of the molecule is COc1cc(/C=C/CCCC2(CCCC(C)O)SCCCS2)c(C(=O)O)c(OC)c1. The average molecular weight is 455 g/mol. The van der Waals surface area contributed by atoms with Gasteiger partial charge in [-0.2, -0.15) is 0 Å². The highest BCUT2D eigenvalue weighted by Gasteiger charge is 2.32. The van der Waals surface area contributed by atoms with Crippen molar-refractivity contribution < 1.29 is 24.5 Å². The molecule has 0 amide bonds. The lowest BCUT2D eigenvalue weighted by Crippen LogP contribution is -2.25. The number of hydrogen-bond acceptors (Lipinski definition) is 6. The number of carboxylic acid groups (broad SMARTS) is 1. The molecule has 1 heterocycles. The third-order valence-electron chi connectivity index (χ3n) is 5.20. The predicted octanol–water partition coefficient (Wildman–Crippen LogP) is 5.70. The number of unbranched alkanes of at least 4 members (excludes halogenated alkanes) is 1. The van der Waals surface area contributed by atoms with Gasteiger partial charge in [0.15, 0.2) is 0 Å². The van der Waals surface area contributed by atoms with Crippen molar-refractivity contribution in [2.24, 2.45) is 0 Å². The van der Waals surface area contributed by atoms with E-state index in [1.165, 1.54) is 25.0 Å². The highest BCUT2D eigenvalue weighted by molar-refractivity contribution is 8.18. The Morgan fingerprint density at radius 2 is 1.90 bits per heavy atom. The van der Waals surface area contributed by atoms with Gasteiger partial charge in [0.2, 0.25) is 0 Å². The molecule has 0 spiro atoms. The van der Waals surface area contributed by atoms with Crippen molar-refractivity contribution in [2.75, 3.05) is 25.7 Å². The van der Waals surface area contributed by atoms with Gasteiger partial charge in [0.25, 0.3) is 0 Å². The number of methoxy groups -OCH3 is 2. The predicted molar refractivity (Wildman–Crippen MR) is 127 cm³/mol. The third-order valence-corrected chi connectivity index (χ3v) is 8.76. The number of carbonyl (C=O) groups is 1. The van der Waals surface area contributed by atoms with Gasteiger partial charge in [-0.05, 0) is 75.0 Å². The van der Waals surface area contributed by atoms with E-state index in [0.29, 0.717) is 17.1 Å². The summed E-state index contributed by atoms with van der Waals surface area (Å²) in [7, 11) is 3.02. The molecule has 2 rings (SSSR count). The number of aromatic carboxylic acids is 1. The number of aliphatic hydroxyl groups is 1. The van der Waals surface area contributed by atoms with Crippen molar-refractivity contribution >= 4 is 35.6 Å². The van der Waals surface area contributed by atoms with Crippen molar-refractivity contribution in [3.63, 3.8) is 0 Å². The Morgan fingerprint density at radius 1 is 1.20 bits per heavy atom. The van der Waals surface area contributed by atoms with Crippen LogP contribution < -0.4 is 9.47 Å². The van der Waals surface area contributed by atoms with Crippen molar-refractivity contribution in [1.82, 2.24) is 0 Å². The summed E-state index contributed by atoms with van der Waals surface area (Å²) in [6.45, 7) is 1.86. The quantitative estimate of drug-likeness (QED) is 0.392. The fourth-order valence-electron chi connectivity index (χ4n) is 3.65. The van der Waals surface area contributed by atoms with Gasteiger partial charge >= 0.3 is 5.97 Å². The standard InChI is InChI=1S/C23H34O5S2/c1-17(24)9-7-12-23(29-13-8-14-30-23)11-6-4-5-10-18-15-19(27-2)16-20(28-3)21(18)22(25)26/h5,10,15-17,24H,4,6-9,11-14H2,1-3H3,(H,25,26)/b10-5+. The maximum atomic E-state index is 11.7. The van der Waals surface area contributed by atoms with E-state index in [0.717, 1.165) is 38.5 Å². The van der Waals surface area contributed by atoms with Crippen LogP contribution in [-0.4, -0.2) is 52.1 Å². The largest absolute Gasteiger partial charge is 0.497 e. The molecule has 1 unspecified atom stereocenters. The van der Waals surface area contributed by atoms with Crippen LogP contribution in [-0.2, 0) is 0 Å². The molecule has 0 saturated carbocycles. The van der Waals surface area contributed by atoms with Gasteiger partial charge in [0, 0.05) is 6.07 Å². The molecule has 1 fully saturated rings. The summed E-state index contributed by atoms with van der Waals surface area (Å²) >= 11 is 4.16. The van der Waals surface area contributed by atoms with E-state index in [4.69, 9.17) is 9.47 Å². The van der Waals surface area contributed by atoms with E-state index >= 15 is 0 Å². The topological polar surface area (TPSA) is 76.0 Å². The molecule has 1 aliphatic rings. The second-order valence-electron chi connectivity index (χ2n) is 7.60. The number of carboxylic acids is 1. The summed E-state index contributed by atoms with van der Waals surface area (Å²) in [5, 5.41) is 19.2. The number of allylic oxidation sites excluding steroid dienone is 1. The minimum Gasteiger partial charge on any atom is -0.497 e. The monoisotopic (exact) mass is 454 g/mol. The smallest absolute Gasteiger partial charge is 0.340 e. The van der Waals surface area contributed by atoms with Crippen molar-refractivity contribution in [2.45, 2.75) is 62.1 Å². The number of hydrogen-bond donors (Lipinski definition) is 2. The Hall–Kier alpha value is -1.31. The van der Waals surface area contributed by atoms with E-state index in [-0.39, 0.29) is 15.7 Å². The van der Waals surface area contributed by atoms with Crippen LogP contribution in [0.25, 0.3) is 6.08 Å². The molecule has 0 aliphatic carbocycles. The second kappa shape index (κ2) is 12.5. The Bertz CT molecular complexity index is 712. The van der Waals surface area contributed by atoms with E-state index in [1.807, 2.05) is 19.1 Å². The molecule has 0 bridgehead atoms. The van der Waals surface area contributed by atoms with Crippen LogP contribution in [0.2, 0.25) is 0 Å². The minimum absolute atomic E-state index is 0.155. The molecule has 0 radical (unpaired) electrons. The number of thioether (sulfide) groups is 2. The number of ether oxygens (including phenoxy) is 2. The Kier molecular flexibility index (Phi) is 10.4. The molecule has 0 aromatic heterocycles.